The van der Waals surface area contributed by atoms with Crippen LogP contribution in [0, 0.1) is 17.6 Å². The van der Waals surface area contributed by atoms with E-state index in [9.17, 15) is 36.6 Å². The number of aliphatic hydroxyl groups excluding tert-OH is 1. The number of hydrogen-bond donors (Lipinski definition) is 3. The van der Waals surface area contributed by atoms with Crippen molar-refractivity contribution >= 4 is 34.8 Å². The summed E-state index contributed by atoms with van der Waals surface area (Å²) in [4.78, 5) is 28.5. The summed E-state index contributed by atoms with van der Waals surface area (Å²) in [5.74, 6) is -4.75. The molecule has 1 aliphatic rings. The lowest BCUT2D eigenvalue weighted by Crippen LogP contribution is -2.52. The fraction of sp³-hybridized carbons (Fsp3) is 0.481. The summed E-state index contributed by atoms with van der Waals surface area (Å²) in [6.45, 7) is 5.64. The first-order valence-electron chi connectivity index (χ1n) is 12.8. The van der Waals surface area contributed by atoms with E-state index in [1.54, 1.807) is 24.8 Å². The van der Waals surface area contributed by atoms with Gasteiger partial charge in [0.05, 0.1) is 23.4 Å². The second kappa shape index (κ2) is 13.1. The molecule has 220 valence electrons. The lowest BCUT2D eigenvalue weighted by molar-refractivity contribution is -0.138. The molecule has 0 spiro atoms. The van der Waals surface area contributed by atoms with Crippen LogP contribution in [0.2, 0.25) is 5.02 Å². The normalized spacial score (nSPS) is 17.2. The van der Waals surface area contributed by atoms with E-state index in [-0.39, 0.29) is 36.3 Å². The number of carbonyl (C=O) groups excluding carboxylic acids is 2. The number of amides is 2. The van der Waals surface area contributed by atoms with Gasteiger partial charge in [0, 0.05) is 49.4 Å². The summed E-state index contributed by atoms with van der Waals surface area (Å²) in [6, 6.07) is 6.64. The highest BCUT2D eigenvalue weighted by molar-refractivity contribution is 6.31. The number of hydrogen-bond acceptors (Lipinski definition) is 5. The standard InChI is InChI=1S/C27H32ClF5N4O3/c1-15(2)24(38)26(40)34-13-17-4-6-19(23(30)22(17)29)25(39)35-20-7-5-18(28)12-21(20)37-11-10-36(14-16(37)3)9-8-27(31,32)33/h4-7,12,15-16,24,38H,8-11,13-14H2,1-3H3,(H,34,40)(H,35,39)/t16-,24-/m1/s1. The summed E-state index contributed by atoms with van der Waals surface area (Å²) >= 11 is 6.19. The maximum Gasteiger partial charge on any atom is 0.390 e. The molecule has 0 aromatic heterocycles. The number of alkyl halides is 3. The molecule has 0 radical (unpaired) electrons. The van der Waals surface area contributed by atoms with Gasteiger partial charge in [-0.25, -0.2) is 8.78 Å². The first kappa shape index (κ1) is 31.6. The smallest absolute Gasteiger partial charge is 0.383 e. The van der Waals surface area contributed by atoms with Crippen molar-refractivity contribution in [1.82, 2.24) is 10.2 Å². The third kappa shape index (κ3) is 8.05. The highest BCUT2D eigenvalue weighted by Crippen LogP contribution is 2.33. The minimum absolute atomic E-state index is 0.121. The Labute approximate surface area is 234 Å². The van der Waals surface area contributed by atoms with Crippen molar-refractivity contribution in [2.75, 3.05) is 36.4 Å². The lowest BCUT2D eigenvalue weighted by Gasteiger charge is -2.42. The van der Waals surface area contributed by atoms with Crippen molar-refractivity contribution < 1.29 is 36.6 Å². The number of nitrogens with zero attached hydrogens (tertiary/aromatic N) is 2. The van der Waals surface area contributed by atoms with Gasteiger partial charge in [0.1, 0.15) is 6.10 Å². The molecule has 2 aromatic carbocycles. The maximum atomic E-state index is 14.9. The van der Waals surface area contributed by atoms with Gasteiger partial charge in [-0.1, -0.05) is 31.5 Å². The number of aliphatic hydroxyl groups is 1. The number of nitrogens with one attached hydrogen (secondary N) is 2. The quantitative estimate of drug-likeness (QED) is 0.359. The minimum Gasteiger partial charge on any atom is -0.383 e. The summed E-state index contributed by atoms with van der Waals surface area (Å²) in [6.07, 6.45) is -6.47. The van der Waals surface area contributed by atoms with Crippen molar-refractivity contribution in [2.24, 2.45) is 5.92 Å². The predicted molar refractivity (Wildman–Crippen MR) is 142 cm³/mol. The van der Waals surface area contributed by atoms with Crippen LogP contribution >= 0.6 is 11.6 Å². The third-order valence-electron chi connectivity index (χ3n) is 6.70. The zero-order valence-electron chi connectivity index (χ0n) is 22.3. The van der Waals surface area contributed by atoms with Gasteiger partial charge in [0.15, 0.2) is 11.6 Å². The number of halogens is 6. The van der Waals surface area contributed by atoms with Gasteiger partial charge in [-0.3, -0.25) is 14.5 Å². The number of anilines is 2. The molecule has 7 nitrogen and oxygen atoms in total. The second-order valence-corrected chi connectivity index (χ2v) is 10.6. The Kier molecular flexibility index (Phi) is 10.4. The molecule has 1 aliphatic heterocycles. The average Bonchev–Trinajstić information content (AvgIpc) is 2.88. The summed E-state index contributed by atoms with van der Waals surface area (Å²) in [7, 11) is 0. The molecule has 2 atom stereocenters. The van der Waals surface area contributed by atoms with E-state index in [0.29, 0.717) is 30.3 Å². The summed E-state index contributed by atoms with van der Waals surface area (Å²) in [5.41, 5.74) is -0.0139. The average molecular weight is 591 g/mol. The Morgan fingerprint density at radius 1 is 1.12 bits per heavy atom. The van der Waals surface area contributed by atoms with Gasteiger partial charge >= 0.3 is 6.18 Å². The molecule has 2 aromatic rings. The Bertz CT molecular complexity index is 1230. The Morgan fingerprint density at radius 2 is 1.82 bits per heavy atom. The molecule has 1 saturated heterocycles. The van der Waals surface area contributed by atoms with E-state index in [4.69, 9.17) is 11.6 Å². The van der Waals surface area contributed by atoms with Crippen LogP contribution in [0.15, 0.2) is 30.3 Å². The van der Waals surface area contributed by atoms with Gasteiger partial charge in [-0.15, -0.1) is 0 Å². The van der Waals surface area contributed by atoms with Crippen molar-refractivity contribution in [3.8, 4) is 0 Å². The van der Waals surface area contributed by atoms with Crippen molar-refractivity contribution in [2.45, 2.75) is 52.1 Å². The lowest BCUT2D eigenvalue weighted by atomic mass is 10.1. The Hall–Kier alpha value is -2.96. The van der Waals surface area contributed by atoms with Crippen LogP contribution in [-0.2, 0) is 11.3 Å². The molecule has 2 amide bonds. The number of carbonyl (C=O) groups is 2. The first-order chi connectivity index (χ1) is 18.7. The van der Waals surface area contributed by atoms with E-state index >= 15 is 0 Å². The monoisotopic (exact) mass is 590 g/mol. The second-order valence-electron chi connectivity index (χ2n) is 10.1. The van der Waals surface area contributed by atoms with Gasteiger partial charge in [0.25, 0.3) is 5.91 Å². The predicted octanol–water partition coefficient (Wildman–Crippen LogP) is 4.97. The van der Waals surface area contributed by atoms with E-state index in [2.05, 4.69) is 10.6 Å². The Morgan fingerprint density at radius 3 is 2.45 bits per heavy atom. The third-order valence-corrected chi connectivity index (χ3v) is 6.94. The molecule has 1 heterocycles. The van der Waals surface area contributed by atoms with Gasteiger partial charge in [-0.05, 0) is 37.1 Å². The van der Waals surface area contributed by atoms with Crippen LogP contribution < -0.4 is 15.5 Å². The fourth-order valence-corrected chi connectivity index (χ4v) is 4.57. The minimum atomic E-state index is -4.25. The maximum absolute atomic E-state index is 14.9. The van der Waals surface area contributed by atoms with Crippen LogP contribution in [0.1, 0.15) is 43.1 Å². The van der Waals surface area contributed by atoms with Gasteiger partial charge in [0.2, 0.25) is 5.91 Å². The van der Waals surface area contributed by atoms with Gasteiger partial charge < -0.3 is 20.6 Å². The molecule has 0 unspecified atom stereocenters. The zero-order chi connectivity index (χ0) is 29.8. The fourth-order valence-electron chi connectivity index (χ4n) is 4.41. The van der Waals surface area contributed by atoms with Crippen molar-refractivity contribution in [3.05, 3.63) is 58.1 Å². The number of rotatable bonds is 9. The van der Waals surface area contributed by atoms with Crippen LogP contribution in [0.3, 0.4) is 0 Å². The summed E-state index contributed by atoms with van der Waals surface area (Å²) in [5, 5.41) is 15.1. The first-order valence-corrected chi connectivity index (χ1v) is 13.1. The SMILES string of the molecule is CC(C)[C@@H](O)C(=O)NCc1ccc(C(=O)Nc2ccc(Cl)cc2N2CCN(CCC(F)(F)F)C[C@H]2C)c(F)c1F. The van der Waals surface area contributed by atoms with Crippen LogP contribution in [0.4, 0.5) is 33.3 Å². The van der Waals surface area contributed by atoms with Gasteiger partial charge in [-0.2, -0.15) is 13.2 Å². The molecule has 1 fully saturated rings. The van der Waals surface area contributed by atoms with E-state index in [0.717, 1.165) is 6.07 Å². The highest BCUT2D eigenvalue weighted by atomic mass is 35.5. The largest absolute Gasteiger partial charge is 0.390 e. The molecule has 0 bridgehead atoms. The molecular weight excluding hydrogens is 559 g/mol. The topological polar surface area (TPSA) is 84.9 Å². The molecule has 3 N–H and O–H groups in total. The molecule has 40 heavy (non-hydrogen) atoms. The summed E-state index contributed by atoms with van der Waals surface area (Å²) < 4.78 is 67.6. The highest BCUT2D eigenvalue weighted by Gasteiger charge is 2.31. The number of benzene rings is 2. The van der Waals surface area contributed by atoms with Crippen molar-refractivity contribution in [1.29, 1.82) is 0 Å². The zero-order valence-corrected chi connectivity index (χ0v) is 23.0. The van der Waals surface area contributed by atoms with Crippen LogP contribution in [-0.4, -0.2) is 66.3 Å². The van der Waals surface area contributed by atoms with Crippen LogP contribution in [0.25, 0.3) is 0 Å². The van der Waals surface area contributed by atoms with E-state index in [1.165, 1.54) is 18.2 Å². The molecule has 13 heteroatoms. The van der Waals surface area contributed by atoms with Crippen molar-refractivity contribution in [3.63, 3.8) is 0 Å². The molecule has 0 aliphatic carbocycles. The number of piperazine rings is 1. The molecule has 0 saturated carbocycles. The molecular formula is C27H32ClF5N4O3. The van der Waals surface area contributed by atoms with E-state index in [1.807, 2.05) is 11.8 Å². The Balaban J connectivity index is 1.74. The van der Waals surface area contributed by atoms with Crippen LogP contribution in [0.5, 0.6) is 0 Å². The van der Waals surface area contributed by atoms with E-state index < -0.39 is 47.7 Å². The molecule has 3 rings (SSSR count).